The monoisotopic (exact) mass is 405 g/mol. The third kappa shape index (κ3) is 3.16. The first kappa shape index (κ1) is 18.4. The number of aliphatic hydroxyl groups is 1. The minimum absolute atomic E-state index is 0.0427. The molecule has 128 valence electrons. The predicted molar refractivity (Wildman–Crippen MR) is 94.5 cm³/mol. The first-order valence-electron chi connectivity index (χ1n) is 7.18. The highest BCUT2D eigenvalue weighted by Crippen LogP contribution is 2.39. The van der Waals surface area contributed by atoms with Crippen LogP contribution in [0.4, 0.5) is 4.39 Å². The molecule has 0 radical (unpaired) electrons. The minimum Gasteiger partial charge on any atom is -0.394 e. The number of aliphatic imine (C=N–C) groups is 1. The number of nitrogens with two attached hydrogens (primary N) is 1. The minimum atomic E-state index is -2.84. The molecule has 1 aliphatic rings. The summed E-state index contributed by atoms with van der Waals surface area (Å²) in [5.74, 6) is -0.214. The molecule has 1 heterocycles. The second kappa shape index (κ2) is 6.14. The van der Waals surface area contributed by atoms with Crippen molar-refractivity contribution in [2.24, 2.45) is 15.1 Å². The highest BCUT2D eigenvalue weighted by atomic mass is 79.9. The van der Waals surface area contributed by atoms with Gasteiger partial charge in [-0.3, -0.25) is 4.99 Å². The molecule has 8 heteroatoms. The Labute approximate surface area is 144 Å². The highest BCUT2D eigenvalue weighted by Gasteiger charge is 2.47. The van der Waals surface area contributed by atoms with Gasteiger partial charge in [-0.25, -0.2) is 13.0 Å². The summed E-state index contributed by atoms with van der Waals surface area (Å²) in [6, 6.07) is 4.55. The molecule has 0 aliphatic carbocycles. The van der Waals surface area contributed by atoms with Crippen molar-refractivity contribution in [2.45, 2.75) is 31.1 Å². The van der Waals surface area contributed by atoms with Crippen molar-refractivity contribution in [2.75, 3.05) is 18.9 Å². The van der Waals surface area contributed by atoms with E-state index in [4.69, 9.17) is 10.8 Å². The molecule has 1 aromatic rings. The van der Waals surface area contributed by atoms with Gasteiger partial charge >= 0.3 is 0 Å². The average Bonchev–Trinajstić information content (AvgIpc) is 2.46. The van der Waals surface area contributed by atoms with Crippen LogP contribution in [0.25, 0.3) is 0 Å². The maximum atomic E-state index is 14.3. The topological polar surface area (TPSA) is 88.0 Å². The third-order valence-electron chi connectivity index (χ3n) is 4.17. The molecule has 0 unspecified atom stereocenters. The molecule has 0 aromatic heterocycles. The van der Waals surface area contributed by atoms with Crippen LogP contribution in [0.5, 0.6) is 0 Å². The van der Waals surface area contributed by atoms with Crippen molar-refractivity contribution in [3.05, 3.63) is 34.1 Å². The molecule has 23 heavy (non-hydrogen) atoms. The maximum Gasteiger partial charge on any atom is 0.128 e. The van der Waals surface area contributed by atoms with E-state index in [1.807, 2.05) is 0 Å². The molecule has 0 bridgehead atoms. The average molecular weight is 406 g/mol. The van der Waals surface area contributed by atoms with Crippen LogP contribution in [-0.4, -0.2) is 38.8 Å². The summed E-state index contributed by atoms with van der Waals surface area (Å²) >= 11 is 3.32. The largest absolute Gasteiger partial charge is 0.394 e. The summed E-state index contributed by atoms with van der Waals surface area (Å²) in [5, 5.41) is 9.03. The number of nitrogens with zero attached hydrogens (tertiary/aromatic N) is 2. The van der Waals surface area contributed by atoms with Gasteiger partial charge in [0.05, 0.1) is 28.6 Å². The van der Waals surface area contributed by atoms with Gasteiger partial charge in [-0.05, 0) is 39.0 Å². The van der Waals surface area contributed by atoms with Crippen LogP contribution in [-0.2, 0) is 15.3 Å². The lowest BCUT2D eigenvalue weighted by Crippen LogP contribution is -2.55. The summed E-state index contributed by atoms with van der Waals surface area (Å²) in [6.45, 7) is 4.98. The van der Waals surface area contributed by atoms with Gasteiger partial charge in [0.25, 0.3) is 0 Å². The van der Waals surface area contributed by atoms with E-state index in [0.717, 1.165) is 0 Å². The van der Waals surface area contributed by atoms with Gasteiger partial charge in [0.15, 0.2) is 0 Å². The van der Waals surface area contributed by atoms with Crippen LogP contribution >= 0.6 is 15.9 Å². The van der Waals surface area contributed by atoms with E-state index in [9.17, 15) is 8.60 Å². The Morgan fingerprint density at radius 3 is 2.74 bits per heavy atom. The van der Waals surface area contributed by atoms with Crippen molar-refractivity contribution in [3.8, 4) is 0 Å². The van der Waals surface area contributed by atoms with E-state index in [-0.39, 0.29) is 24.7 Å². The second-order valence-electron chi connectivity index (χ2n) is 6.27. The third-order valence-corrected chi connectivity index (χ3v) is 8.02. The lowest BCUT2D eigenvalue weighted by atomic mass is 9.93. The van der Waals surface area contributed by atoms with Crippen LogP contribution in [0.3, 0.4) is 0 Å². The van der Waals surface area contributed by atoms with Crippen LogP contribution in [0, 0.1) is 5.82 Å². The lowest BCUT2D eigenvalue weighted by molar-refractivity contribution is 0.307. The summed E-state index contributed by atoms with van der Waals surface area (Å²) < 4.78 is 31.7. The van der Waals surface area contributed by atoms with Gasteiger partial charge in [0.1, 0.15) is 21.9 Å². The van der Waals surface area contributed by atoms with E-state index in [2.05, 4.69) is 25.3 Å². The van der Waals surface area contributed by atoms with Gasteiger partial charge in [-0.1, -0.05) is 15.9 Å². The summed E-state index contributed by atoms with van der Waals surface area (Å²) in [5.41, 5.74) is 5.31. The van der Waals surface area contributed by atoms with E-state index in [0.29, 0.717) is 10.0 Å². The Hall–Kier alpha value is -0.990. The first-order chi connectivity index (χ1) is 10.6. The number of halogens is 2. The Morgan fingerprint density at radius 2 is 2.13 bits per heavy atom. The number of rotatable bonds is 3. The molecule has 3 N–H and O–H groups in total. The molecule has 1 aliphatic heterocycles. The Morgan fingerprint density at radius 1 is 1.48 bits per heavy atom. The zero-order valence-electron chi connectivity index (χ0n) is 13.3. The first-order valence-corrected chi connectivity index (χ1v) is 9.66. The van der Waals surface area contributed by atoms with Crippen LogP contribution < -0.4 is 5.73 Å². The molecular formula is C15H21BrFN3O2S. The molecular weight excluding hydrogens is 385 g/mol. The normalized spacial score (nSPS) is 29.9. The van der Waals surface area contributed by atoms with Crippen molar-refractivity contribution in [1.29, 1.82) is 0 Å². The van der Waals surface area contributed by atoms with Gasteiger partial charge in [-0.2, -0.15) is 0 Å². The number of hydrogen-bond donors (Lipinski definition) is 2. The number of hydrogen-bond acceptors (Lipinski definition) is 5. The summed E-state index contributed by atoms with van der Waals surface area (Å²) in [7, 11) is -2.84. The fraction of sp³-hybridized carbons (Fsp3) is 0.533. The van der Waals surface area contributed by atoms with Crippen molar-refractivity contribution in [1.82, 2.24) is 0 Å². The van der Waals surface area contributed by atoms with E-state index >= 15 is 0 Å². The molecule has 2 rings (SSSR count). The van der Waals surface area contributed by atoms with E-state index in [1.165, 1.54) is 6.07 Å². The number of amidine groups is 1. The van der Waals surface area contributed by atoms with Crippen LogP contribution in [0.2, 0.25) is 0 Å². The van der Waals surface area contributed by atoms with Crippen molar-refractivity contribution in [3.63, 3.8) is 0 Å². The molecule has 0 amide bonds. The molecule has 0 fully saturated rings. The molecule has 1 aromatic carbocycles. The fourth-order valence-electron chi connectivity index (χ4n) is 2.60. The van der Waals surface area contributed by atoms with Gasteiger partial charge in [-0.15, -0.1) is 0 Å². The molecule has 0 saturated heterocycles. The summed E-state index contributed by atoms with van der Waals surface area (Å²) in [4.78, 5) is 4.47. The Balaban J connectivity index is 2.68. The highest BCUT2D eigenvalue weighted by molar-refractivity contribution is 9.10. The zero-order valence-corrected chi connectivity index (χ0v) is 15.7. The van der Waals surface area contributed by atoms with Crippen molar-refractivity contribution >= 4 is 31.5 Å². The predicted octanol–water partition coefficient (Wildman–Crippen LogP) is 2.41. The van der Waals surface area contributed by atoms with Gasteiger partial charge in [0, 0.05) is 10.0 Å². The fourth-order valence-corrected chi connectivity index (χ4v) is 5.47. The smallest absolute Gasteiger partial charge is 0.128 e. The zero-order chi connectivity index (χ0) is 17.5. The Bertz CT molecular complexity index is 772. The molecule has 2 atom stereocenters. The van der Waals surface area contributed by atoms with E-state index in [1.54, 1.807) is 32.9 Å². The maximum absolute atomic E-state index is 14.3. The van der Waals surface area contributed by atoms with E-state index < -0.39 is 25.8 Å². The standard InChI is InChI=1S/C15H21BrFN3O2S/c1-14(2)13(18)20-15(3,9-23(14,22)19-6-7-21)11-8-10(16)4-5-12(11)17/h4-5,8,21H,6-7,9H2,1-3H3,(H2,18,20)/t15-,23+/m0/s1. The molecule has 0 spiro atoms. The summed E-state index contributed by atoms with van der Waals surface area (Å²) in [6.07, 6.45) is 0. The quantitative estimate of drug-likeness (QED) is 0.808. The van der Waals surface area contributed by atoms with Gasteiger partial charge in [0.2, 0.25) is 0 Å². The number of aliphatic hydroxyl groups excluding tert-OH is 1. The number of benzene rings is 1. The SMILES string of the molecule is CC1(C)C(N)=N[C@](C)(c2cc(Br)ccc2F)C[S@]1(=O)=NCCO. The molecule has 0 saturated carbocycles. The lowest BCUT2D eigenvalue weighted by Gasteiger charge is -2.40. The molecule has 5 nitrogen and oxygen atoms in total. The van der Waals surface area contributed by atoms with Gasteiger partial charge < -0.3 is 10.8 Å². The Kier molecular flexibility index (Phi) is 4.90. The second-order valence-corrected chi connectivity index (χ2v) is 10.0. The van der Waals surface area contributed by atoms with Crippen LogP contribution in [0.15, 0.2) is 32.0 Å². The van der Waals surface area contributed by atoms with Crippen LogP contribution in [0.1, 0.15) is 26.3 Å². The van der Waals surface area contributed by atoms with Crippen molar-refractivity contribution < 1.29 is 13.7 Å².